The van der Waals surface area contributed by atoms with Gasteiger partial charge < -0.3 is 24.8 Å². The molecule has 0 atom stereocenters. The third-order valence-corrected chi connectivity index (χ3v) is 3.37. The number of carbonyl (C=O) groups excluding carboxylic acids is 1. The lowest BCUT2D eigenvalue weighted by Gasteiger charge is -2.13. The molecule has 8 nitrogen and oxygen atoms in total. The molecule has 2 aromatic rings. The molecular formula is C17H26IN5O3. The van der Waals surface area contributed by atoms with Crippen LogP contribution in [0.1, 0.15) is 43.0 Å². The summed E-state index contributed by atoms with van der Waals surface area (Å²) in [5.41, 5.74) is -0.0720. The van der Waals surface area contributed by atoms with Crippen molar-refractivity contribution in [3.8, 4) is 0 Å². The number of hydrogen-bond acceptors (Lipinski definition) is 5. The van der Waals surface area contributed by atoms with Crippen LogP contribution in [0.2, 0.25) is 0 Å². The third kappa shape index (κ3) is 6.70. The van der Waals surface area contributed by atoms with Gasteiger partial charge in [-0.05, 0) is 12.1 Å². The van der Waals surface area contributed by atoms with Crippen molar-refractivity contribution in [3.05, 3.63) is 42.0 Å². The highest BCUT2D eigenvalue weighted by atomic mass is 127. The molecule has 0 fully saturated rings. The van der Waals surface area contributed by atoms with E-state index in [0.717, 1.165) is 5.76 Å². The summed E-state index contributed by atoms with van der Waals surface area (Å²) >= 11 is 0. The van der Waals surface area contributed by atoms with Gasteiger partial charge in [0.05, 0.1) is 19.0 Å². The molecule has 0 aliphatic heterocycles. The zero-order valence-corrected chi connectivity index (χ0v) is 17.8. The fourth-order valence-electron chi connectivity index (χ4n) is 1.97. The van der Waals surface area contributed by atoms with E-state index >= 15 is 0 Å². The summed E-state index contributed by atoms with van der Waals surface area (Å²) in [5.74, 6) is 2.08. The van der Waals surface area contributed by atoms with Gasteiger partial charge in [0.15, 0.2) is 11.7 Å². The molecular weight excluding hydrogens is 449 g/mol. The van der Waals surface area contributed by atoms with Gasteiger partial charge in [-0.15, -0.1) is 24.0 Å². The molecule has 0 unspecified atom stereocenters. The van der Waals surface area contributed by atoms with Crippen molar-refractivity contribution in [2.75, 3.05) is 20.1 Å². The molecule has 2 heterocycles. The molecule has 1 amide bonds. The number of aromatic nitrogens is 1. The molecule has 0 radical (unpaired) electrons. The second-order valence-corrected chi connectivity index (χ2v) is 6.45. The summed E-state index contributed by atoms with van der Waals surface area (Å²) in [6, 6.07) is 3.29. The third-order valence-electron chi connectivity index (χ3n) is 3.37. The Labute approximate surface area is 170 Å². The monoisotopic (exact) mass is 475 g/mol. The van der Waals surface area contributed by atoms with Crippen molar-refractivity contribution >= 4 is 35.8 Å². The highest BCUT2D eigenvalue weighted by molar-refractivity contribution is 14.0. The van der Waals surface area contributed by atoms with Crippen LogP contribution in [0, 0.1) is 0 Å². The van der Waals surface area contributed by atoms with E-state index in [-0.39, 0.29) is 35.3 Å². The van der Waals surface area contributed by atoms with E-state index in [2.05, 4.69) is 46.7 Å². The largest absolute Gasteiger partial charge is 0.459 e. The summed E-state index contributed by atoms with van der Waals surface area (Å²) < 4.78 is 10.7. The van der Waals surface area contributed by atoms with Crippen LogP contribution >= 0.6 is 24.0 Å². The first kappa shape index (κ1) is 22.0. The van der Waals surface area contributed by atoms with Crippen LogP contribution < -0.4 is 16.0 Å². The van der Waals surface area contributed by atoms with Gasteiger partial charge in [-0.2, -0.15) is 0 Å². The fourth-order valence-corrected chi connectivity index (χ4v) is 1.97. The second-order valence-electron chi connectivity index (χ2n) is 6.45. The van der Waals surface area contributed by atoms with Crippen molar-refractivity contribution in [2.45, 2.75) is 32.7 Å². The molecule has 0 aliphatic carbocycles. The Morgan fingerprint density at radius 1 is 1.23 bits per heavy atom. The van der Waals surface area contributed by atoms with E-state index in [1.165, 1.54) is 6.26 Å². The van der Waals surface area contributed by atoms with Gasteiger partial charge in [0.1, 0.15) is 5.76 Å². The van der Waals surface area contributed by atoms with E-state index in [9.17, 15) is 4.79 Å². The number of nitrogens with zero attached hydrogens (tertiary/aromatic N) is 2. The number of aliphatic imine (C=N–C) groups is 1. The highest BCUT2D eigenvalue weighted by Gasteiger charge is 2.19. The second kappa shape index (κ2) is 10.2. The number of halogens is 1. The standard InChI is InChI=1S/C17H25N5O3.HI/c1-17(2,3)13-10-21-14(25-13)11-22-16(18-4)20-8-7-19-15(23)12-6-5-9-24-12;/h5-6,9-10H,7-8,11H2,1-4H3,(H,19,23)(H2,18,20,22);1H. The van der Waals surface area contributed by atoms with Crippen LogP contribution in [0.25, 0.3) is 0 Å². The number of carbonyl (C=O) groups is 1. The summed E-state index contributed by atoms with van der Waals surface area (Å²) in [6.45, 7) is 7.60. The number of guanidine groups is 1. The van der Waals surface area contributed by atoms with Crippen LogP contribution in [-0.4, -0.2) is 37.0 Å². The van der Waals surface area contributed by atoms with Gasteiger partial charge in [-0.25, -0.2) is 4.98 Å². The maximum Gasteiger partial charge on any atom is 0.287 e. The Morgan fingerprint density at radius 3 is 2.54 bits per heavy atom. The number of oxazole rings is 1. The minimum Gasteiger partial charge on any atom is -0.459 e. The molecule has 0 bridgehead atoms. The van der Waals surface area contributed by atoms with Crippen LogP contribution in [0.15, 0.2) is 38.4 Å². The molecule has 0 saturated carbocycles. The predicted molar refractivity (Wildman–Crippen MR) is 110 cm³/mol. The highest BCUT2D eigenvalue weighted by Crippen LogP contribution is 2.22. The average molecular weight is 475 g/mol. The number of nitrogens with one attached hydrogen (secondary N) is 3. The zero-order chi connectivity index (χ0) is 18.3. The van der Waals surface area contributed by atoms with Gasteiger partial charge in [-0.3, -0.25) is 9.79 Å². The number of hydrogen-bond donors (Lipinski definition) is 3. The predicted octanol–water partition coefficient (Wildman–Crippen LogP) is 2.28. The van der Waals surface area contributed by atoms with Crippen molar-refractivity contribution in [2.24, 2.45) is 4.99 Å². The summed E-state index contributed by atoms with van der Waals surface area (Å²) in [7, 11) is 1.67. The smallest absolute Gasteiger partial charge is 0.287 e. The zero-order valence-electron chi connectivity index (χ0n) is 15.5. The van der Waals surface area contributed by atoms with Crippen molar-refractivity contribution in [1.29, 1.82) is 0 Å². The average Bonchev–Trinajstić information content (AvgIpc) is 3.25. The molecule has 26 heavy (non-hydrogen) atoms. The summed E-state index contributed by atoms with van der Waals surface area (Å²) in [5, 5.41) is 8.97. The van der Waals surface area contributed by atoms with Gasteiger partial charge in [-0.1, -0.05) is 20.8 Å². The fraction of sp³-hybridized carbons (Fsp3) is 0.471. The van der Waals surface area contributed by atoms with Gasteiger partial charge in [0.2, 0.25) is 5.89 Å². The maximum absolute atomic E-state index is 11.7. The lowest BCUT2D eigenvalue weighted by Crippen LogP contribution is -2.41. The Hall–Kier alpha value is -2.04. The van der Waals surface area contributed by atoms with Crippen LogP contribution in [0.4, 0.5) is 0 Å². The molecule has 0 spiro atoms. The Bertz CT molecular complexity index is 704. The van der Waals surface area contributed by atoms with Gasteiger partial charge >= 0.3 is 0 Å². The molecule has 2 rings (SSSR count). The molecule has 0 saturated heterocycles. The van der Waals surface area contributed by atoms with Crippen LogP contribution in [0.5, 0.6) is 0 Å². The molecule has 0 aliphatic rings. The molecule has 3 N–H and O–H groups in total. The molecule has 0 aromatic carbocycles. The number of rotatable bonds is 6. The molecule has 2 aromatic heterocycles. The summed E-state index contributed by atoms with van der Waals surface area (Å²) in [4.78, 5) is 20.1. The minimum atomic E-state index is -0.246. The van der Waals surface area contributed by atoms with Gasteiger partial charge in [0.25, 0.3) is 5.91 Å². The van der Waals surface area contributed by atoms with Crippen molar-refractivity contribution in [3.63, 3.8) is 0 Å². The Balaban J connectivity index is 0.00000338. The van der Waals surface area contributed by atoms with Crippen LogP contribution in [-0.2, 0) is 12.0 Å². The maximum atomic E-state index is 11.7. The van der Waals surface area contributed by atoms with E-state index in [1.807, 2.05) is 0 Å². The SMILES string of the molecule is CN=C(NCCNC(=O)c1ccco1)NCc1ncc(C(C)(C)C)o1.I. The van der Waals surface area contributed by atoms with Crippen LogP contribution in [0.3, 0.4) is 0 Å². The van der Waals surface area contributed by atoms with E-state index in [0.29, 0.717) is 37.2 Å². The van der Waals surface area contributed by atoms with Crippen molar-refractivity contribution < 1.29 is 13.6 Å². The first-order chi connectivity index (χ1) is 11.9. The van der Waals surface area contributed by atoms with E-state index in [4.69, 9.17) is 8.83 Å². The molecule has 144 valence electrons. The molecule has 9 heteroatoms. The number of amides is 1. The van der Waals surface area contributed by atoms with Gasteiger partial charge in [0, 0.05) is 25.6 Å². The number of furan rings is 1. The minimum absolute atomic E-state index is 0. The first-order valence-corrected chi connectivity index (χ1v) is 8.11. The van der Waals surface area contributed by atoms with E-state index < -0.39 is 0 Å². The Morgan fingerprint density at radius 2 is 1.96 bits per heavy atom. The lowest BCUT2D eigenvalue weighted by molar-refractivity contribution is 0.0926. The summed E-state index contributed by atoms with van der Waals surface area (Å²) in [6.07, 6.45) is 3.21. The topological polar surface area (TPSA) is 105 Å². The van der Waals surface area contributed by atoms with Crippen molar-refractivity contribution in [1.82, 2.24) is 20.9 Å². The first-order valence-electron chi connectivity index (χ1n) is 8.11. The normalized spacial score (nSPS) is 11.6. The van der Waals surface area contributed by atoms with E-state index in [1.54, 1.807) is 25.4 Å². The lowest BCUT2D eigenvalue weighted by atomic mass is 9.94. The quantitative estimate of drug-likeness (QED) is 0.256. The Kier molecular flexibility index (Phi) is 8.62.